The Bertz CT molecular complexity index is 993. The maximum atomic E-state index is 12.5. The number of rotatable bonds is 4. The number of benzene rings is 1. The van der Waals surface area contributed by atoms with E-state index in [-0.39, 0.29) is 17.9 Å². The minimum atomic E-state index is 0.0590. The van der Waals surface area contributed by atoms with Crippen LogP contribution in [0.15, 0.2) is 24.3 Å². The zero-order valence-electron chi connectivity index (χ0n) is 15.0. The molecule has 7 heteroatoms. The molecule has 2 heterocycles. The van der Waals surface area contributed by atoms with Gasteiger partial charge in [0.25, 0.3) is 5.78 Å². The van der Waals surface area contributed by atoms with Gasteiger partial charge in [-0.05, 0) is 49.8 Å². The third-order valence-electron chi connectivity index (χ3n) is 5.14. The number of fused-ring (bicyclic) bond motifs is 2. The van der Waals surface area contributed by atoms with Gasteiger partial charge in [0.05, 0.1) is 6.04 Å². The summed E-state index contributed by atoms with van der Waals surface area (Å²) in [5.41, 5.74) is 11.1. The molecule has 0 spiro atoms. The quantitative estimate of drug-likeness (QED) is 0.750. The van der Waals surface area contributed by atoms with Gasteiger partial charge in [-0.1, -0.05) is 24.3 Å². The van der Waals surface area contributed by atoms with Crippen molar-refractivity contribution in [3.8, 4) is 0 Å². The average Bonchev–Trinajstić information content (AvgIpc) is 3.18. The predicted octanol–water partition coefficient (Wildman–Crippen LogP) is 2.06. The summed E-state index contributed by atoms with van der Waals surface area (Å²) in [7, 11) is 0. The van der Waals surface area contributed by atoms with Gasteiger partial charge in [0.2, 0.25) is 11.9 Å². The molecule has 0 fully saturated rings. The molecule has 0 radical (unpaired) electrons. The van der Waals surface area contributed by atoms with Crippen molar-refractivity contribution in [2.75, 3.05) is 5.73 Å². The molecule has 2 aromatic heterocycles. The number of aromatic nitrogens is 4. The summed E-state index contributed by atoms with van der Waals surface area (Å²) >= 11 is 0. The van der Waals surface area contributed by atoms with E-state index in [0.717, 1.165) is 29.8 Å². The smallest absolute Gasteiger partial charge is 0.254 e. The maximum Gasteiger partial charge on any atom is 0.254 e. The molecule has 1 aliphatic rings. The Labute approximate surface area is 151 Å². The van der Waals surface area contributed by atoms with Crippen LogP contribution in [-0.2, 0) is 17.6 Å². The van der Waals surface area contributed by atoms with Gasteiger partial charge < -0.3 is 11.1 Å². The normalized spacial score (nSPS) is 16.0. The van der Waals surface area contributed by atoms with Crippen molar-refractivity contribution in [1.82, 2.24) is 24.9 Å². The second-order valence-electron chi connectivity index (χ2n) is 6.80. The first-order chi connectivity index (χ1) is 12.5. The monoisotopic (exact) mass is 350 g/mol. The molecule has 7 nitrogen and oxygen atoms in total. The highest BCUT2D eigenvalue weighted by Gasteiger charge is 2.23. The predicted molar refractivity (Wildman–Crippen MR) is 98.6 cm³/mol. The number of nitrogens with zero attached hydrogens (tertiary/aromatic N) is 4. The molecular formula is C19H22N6O. The molecule has 4 rings (SSSR count). The fourth-order valence-electron chi connectivity index (χ4n) is 3.80. The molecule has 3 aromatic rings. The highest BCUT2D eigenvalue weighted by Crippen LogP contribution is 2.30. The summed E-state index contributed by atoms with van der Waals surface area (Å²) in [6.45, 7) is 3.88. The van der Waals surface area contributed by atoms with E-state index in [9.17, 15) is 4.79 Å². The number of hydrogen-bond acceptors (Lipinski definition) is 5. The summed E-state index contributed by atoms with van der Waals surface area (Å²) in [6, 6.07) is 8.44. The highest BCUT2D eigenvalue weighted by molar-refractivity contribution is 5.77. The lowest BCUT2D eigenvalue weighted by molar-refractivity contribution is -0.121. The van der Waals surface area contributed by atoms with Crippen LogP contribution in [0.5, 0.6) is 0 Å². The molecule has 1 amide bonds. The Kier molecular flexibility index (Phi) is 4.06. The van der Waals surface area contributed by atoms with Crippen LogP contribution in [-0.4, -0.2) is 25.5 Å². The van der Waals surface area contributed by atoms with Crippen LogP contribution in [0, 0.1) is 13.8 Å². The molecule has 0 aliphatic heterocycles. The van der Waals surface area contributed by atoms with Gasteiger partial charge >= 0.3 is 0 Å². The molecule has 3 N–H and O–H groups in total. The summed E-state index contributed by atoms with van der Waals surface area (Å²) < 4.78 is 1.64. The zero-order valence-corrected chi connectivity index (χ0v) is 15.0. The van der Waals surface area contributed by atoms with E-state index in [1.54, 1.807) is 4.52 Å². The lowest BCUT2D eigenvalue weighted by Gasteiger charge is -2.15. The number of hydrogen-bond donors (Lipinski definition) is 2. The van der Waals surface area contributed by atoms with Crippen molar-refractivity contribution in [2.45, 2.75) is 45.6 Å². The molecule has 1 aliphatic carbocycles. The fraction of sp³-hybridized carbons (Fsp3) is 0.368. The molecule has 0 saturated carbocycles. The Morgan fingerprint density at radius 3 is 2.96 bits per heavy atom. The van der Waals surface area contributed by atoms with Crippen LogP contribution in [0.3, 0.4) is 0 Å². The Morgan fingerprint density at radius 2 is 2.12 bits per heavy atom. The number of anilines is 1. The van der Waals surface area contributed by atoms with Crippen LogP contribution in [0.25, 0.3) is 5.78 Å². The Hall–Kier alpha value is -2.96. The van der Waals surface area contributed by atoms with Gasteiger partial charge in [0.15, 0.2) is 0 Å². The number of amides is 1. The molecule has 1 aromatic carbocycles. The second kappa shape index (κ2) is 6.40. The second-order valence-corrected chi connectivity index (χ2v) is 6.80. The van der Waals surface area contributed by atoms with Crippen LogP contribution in [0.1, 0.15) is 47.0 Å². The molecule has 0 saturated heterocycles. The first kappa shape index (κ1) is 16.5. The topological polar surface area (TPSA) is 98.2 Å². The van der Waals surface area contributed by atoms with E-state index >= 15 is 0 Å². The minimum absolute atomic E-state index is 0.0590. The number of nitrogens with one attached hydrogen (secondary N) is 1. The van der Waals surface area contributed by atoms with Gasteiger partial charge in [-0.3, -0.25) is 4.79 Å². The third kappa shape index (κ3) is 2.89. The first-order valence-electron chi connectivity index (χ1n) is 8.88. The minimum Gasteiger partial charge on any atom is -0.366 e. The molecule has 1 unspecified atom stereocenters. The van der Waals surface area contributed by atoms with E-state index in [1.165, 1.54) is 11.1 Å². The van der Waals surface area contributed by atoms with Crippen LogP contribution >= 0.6 is 0 Å². The van der Waals surface area contributed by atoms with Gasteiger partial charge in [-0.2, -0.15) is 9.50 Å². The summed E-state index contributed by atoms with van der Waals surface area (Å²) in [4.78, 5) is 21.0. The van der Waals surface area contributed by atoms with Crippen molar-refractivity contribution in [1.29, 1.82) is 0 Å². The van der Waals surface area contributed by atoms with E-state index in [2.05, 4.69) is 38.6 Å². The molecule has 134 valence electrons. The fourth-order valence-corrected chi connectivity index (χ4v) is 3.80. The van der Waals surface area contributed by atoms with E-state index in [1.807, 2.05) is 19.9 Å². The number of nitrogen functional groups attached to an aromatic ring is 1. The first-order valence-corrected chi connectivity index (χ1v) is 8.88. The molecule has 0 bridgehead atoms. The maximum absolute atomic E-state index is 12.5. The van der Waals surface area contributed by atoms with Crippen molar-refractivity contribution in [2.24, 2.45) is 0 Å². The van der Waals surface area contributed by atoms with E-state index in [4.69, 9.17) is 5.73 Å². The van der Waals surface area contributed by atoms with Gasteiger partial charge in [-0.25, -0.2) is 4.98 Å². The Balaban J connectivity index is 1.46. The Morgan fingerprint density at radius 1 is 1.31 bits per heavy atom. The lowest BCUT2D eigenvalue weighted by atomic mass is 10.1. The number of carbonyl (C=O) groups is 1. The van der Waals surface area contributed by atoms with Gasteiger partial charge in [-0.15, -0.1) is 5.10 Å². The van der Waals surface area contributed by atoms with Crippen molar-refractivity contribution >= 4 is 17.6 Å². The lowest BCUT2D eigenvalue weighted by Crippen LogP contribution is -2.27. The van der Waals surface area contributed by atoms with Crippen molar-refractivity contribution in [3.63, 3.8) is 0 Å². The van der Waals surface area contributed by atoms with Crippen LogP contribution < -0.4 is 11.1 Å². The van der Waals surface area contributed by atoms with Crippen LogP contribution in [0.4, 0.5) is 5.95 Å². The molecule has 1 atom stereocenters. The average molecular weight is 350 g/mol. The number of aryl methyl sites for hydroxylation is 3. The van der Waals surface area contributed by atoms with Gasteiger partial charge in [0.1, 0.15) is 0 Å². The van der Waals surface area contributed by atoms with E-state index < -0.39 is 0 Å². The summed E-state index contributed by atoms with van der Waals surface area (Å²) in [5, 5.41) is 7.34. The van der Waals surface area contributed by atoms with Crippen molar-refractivity contribution in [3.05, 3.63) is 52.3 Å². The van der Waals surface area contributed by atoms with Crippen LogP contribution in [0.2, 0.25) is 0 Å². The largest absolute Gasteiger partial charge is 0.366 e. The summed E-state index contributed by atoms with van der Waals surface area (Å²) in [5.74, 6) is 0.756. The van der Waals surface area contributed by atoms with Crippen molar-refractivity contribution < 1.29 is 4.79 Å². The molecule has 26 heavy (non-hydrogen) atoms. The standard InChI is InChI=1S/C19H22N6O/c1-11-14(12(2)25-19(21-11)23-18(20)24-25)8-10-17(26)22-16-9-7-13-5-3-4-6-15(13)16/h3-6,16H,7-10H2,1-2H3,(H2,20,24)(H,22,26). The SMILES string of the molecule is Cc1nc2nc(N)nn2c(C)c1CCC(=O)NC1CCc2ccccc21. The molecular weight excluding hydrogens is 328 g/mol. The van der Waals surface area contributed by atoms with E-state index in [0.29, 0.717) is 18.6 Å². The number of nitrogens with two attached hydrogens (primary N) is 1. The number of carbonyl (C=O) groups excluding carboxylic acids is 1. The highest BCUT2D eigenvalue weighted by atomic mass is 16.1. The third-order valence-corrected chi connectivity index (χ3v) is 5.14. The summed E-state index contributed by atoms with van der Waals surface area (Å²) in [6.07, 6.45) is 3.01. The zero-order chi connectivity index (χ0) is 18.3. The van der Waals surface area contributed by atoms with Gasteiger partial charge in [0, 0.05) is 17.8 Å².